The summed E-state index contributed by atoms with van der Waals surface area (Å²) in [5.74, 6) is 0.850. The number of ether oxygens (including phenoxy) is 1. The van der Waals surface area contributed by atoms with Gasteiger partial charge < -0.3 is 4.74 Å². The maximum atomic E-state index is 5.53. The van der Waals surface area contributed by atoms with Crippen LogP contribution in [0.1, 0.15) is 19.4 Å². The molecule has 1 rings (SSSR count). The zero-order valence-electron chi connectivity index (χ0n) is 7.50. The maximum Gasteiger partial charge on any atom is 0.127 e. The van der Waals surface area contributed by atoms with E-state index in [2.05, 4.69) is 12.6 Å². The van der Waals surface area contributed by atoms with Crippen LogP contribution >= 0.6 is 0 Å². The van der Waals surface area contributed by atoms with Gasteiger partial charge in [-0.1, -0.05) is 24.8 Å². The molecule has 0 heterocycles. The van der Waals surface area contributed by atoms with Gasteiger partial charge in [0.05, 0.1) is 6.10 Å². The van der Waals surface area contributed by atoms with E-state index in [4.69, 9.17) is 4.74 Å². The minimum atomic E-state index is 0.194. The van der Waals surface area contributed by atoms with Crippen LogP contribution in [0.4, 0.5) is 0 Å². The molecule has 0 fully saturated rings. The average molecular weight is 161 g/mol. The summed E-state index contributed by atoms with van der Waals surface area (Å²) < 4.78 is 5.53. The zero-order chi connectivity index (χ0) is 8.97. The van der Waals surface area contributed by atoms with Crippen molar-refractivity contribution < 1.29 is 4.74 Å². The van der Waals surface area contributed by atoms with Crippen LogP contribution in [0.2, 0.25) is 0 Å². The van der Waals surface area contributed by atoms with Crippen molar-refractivity contribution in [2.75, 3.05) is 0 Å². The standard InChI is InChI=1S/C11H13O/c1-4-10-7-5-6-8-11(10)12-9(2)3/h4-6,8-9H,1H2,2-3H3. The summed E-state index contributed by atoms with van der Waals surface area (Å²) in [6, 6.07) is 8.73. The van der Waals surface area contributed by atoms with E-state index in [0.717, 1.165) is 11.3 Å². The van der Waals surface area contributed by atoms with E-state index in [1.54, 1.807) is 6.08 Å². The van der Waals surface area contributed by atoms with Crippen LogP contribution in [0.25, 0.3) is 6.08 Å². The predicted octanol–water partition coefficient (Wildman–Crippen LogP) is 2.92. The molecule has 1 aromatic carbocycles. The van der Waals surface area contributed by atoms with E-state index >= 15 is 0 Å². The van der Waals surface area contributed by atoms with Crippen molar-refractivity contribution in [3.8, 4) is 5.75 Å². The second-order valence-corrected chi connectivity index (χ2v) is 2.82. The molecule has 0 amide bonds. The molecule has 0 N–H and O–H groups in total. The van der Waals surface area contributed by atoms with Crippen molar-refractivity contribution in [1.29, 1.82) is 0 Å². The lowest BCUT2D eigenvalue weighted by Crippen LogP contribution is -2.06. The van der Waals surface area contributed by atoms with E-state index in [1.807, 2.05) is 32.0 Å². The molecular weight excluding hydrogens is 148 g/mol. The quantitative estimate of drug-likeness (QED) is 0.662. The summed E-state index contributed by atoms with van der Waals surface area (Å²) in [6.45, 7) is 7.69. The third-order valence-corrected chi connectivity index (χ3v) is 1.41. The Labute approximate surface area is 73.7 Å². The lowest BCUT2D eigenvalue weighted by atomic mass is 10.2. The van der Waals surface area contributed by atoms with Gasteiger partial charge in [-0.25, -0.2) is 0 Å². The van der Waals surface area contributed by atoms with E-state index in [9.17, 15) is 0 Å². The Hall–Kier alpha value is -1.24. The highest BCUT2D eigenvalue weighted by molar-refractivity contribution is 5.54. The predicted molar refractivity (Wildman–Crippen MR) is 51.1 cm³/mol. The fourth-order valence-electron chi connectivity index (χ4n) is 0.951. The summed E-state index contributed by atoms with van der Waals surface area (Å²) in [5.41, 5.74) is 0.922. The summed E-state index contributed by atoms with van der Waals surface area (Å²) >= 11 is 0. The molecule has 12 heavy (non-hydrogen) atoms. The van der Waals surface area contributed by atoms with Gasteiger partial charge in [-0.15, -0.1) is 0 Å². The fraction of sp³-hybridized carbons (Fsp3) is 0.273. The van der Waals surface area contributed by atoms with Gasteiger partial charge in [-0.05, 0) is 26.0 Å². The second-order valence-electron chi connectivity index (χ2n) is 2.82. The molecule has 1 radical (unpaired) electrons. The van der Waals surface area contributed by atoms with Gasteiger partial charge in [-0.2, -0.15) is 0 Å². The van der Waals surface area contributed by atoms with Crippen LogP contribution in [0, 0.1) is 6.07 Å². The first-order chi connectivity index (χ1) is 5.74. The Morgan fingerprint density at radius 1 is 1.58 bits per heavy atom. The first-order valence-electron chi connectivity index (χ1n) is 4.04. The van der Waals surface area contributed by atoms with Crippen molar-refractivity contribution in [3.63, 3.8) is 0 Å². The summed E-state index contributed by atoms with van der Waals surface area (Å²) in [6.07, 6.45) is 1.94. The molecule has 0 aliphatic carbocycles. The van der Waals surface area contributed by atoms with Gasteiger partial charge in [0.2, 0.25) is 0 Å². The van der Waals surface area contributed by atoms with Crippen LogP contribution in [-0.2, 0) is 0 Å². The molecule has 0 unspecified atom stereocenters. The first kappa shape index (κ1) is 8.85. The van der Waals surface area contributed by atoms with Crippen molar-refractivity contribution in [2.45, 2.75) is 20.0 Å². The van der Waals surface area contributed by atoms with E-state index in [0.29, 0.717) is 0 Å². The molecular formula is C11H13O. The van der Waals surface area contributed by atoms with E-state index < -0.39 is 0 Å². The number of hydrogen-bond donors (Lipinski definition) is 0. The molecule has 0 aliphatic rings. The van der Waals surface area contributed by atoms with Gasteiger partial charge in [0.15, 0.2) is 0 Å². The molecule has 0 bridgehead atoms. The minimum absolute atomic E-state index is 0.194. The molecule has 0 spiro atoms. The third kappa shape index (κ3) is 2.12. The maximum absolute atomic E-state index is 5.53. The Bertz CT molecular complexity index is 263. The molecule has 0 aliphatic heterocycles. The Kier molecular flexibility index (Phi) is 2.92. The fourth-order valence-corrected chi connectivity index (χ4v) is 0.951. The third-order valence-electron chi connectivity index (χ3n) is 1.41. The number of benzene rings is 1. The monoisotopic (exact) mass is 161 g/mol. The van der Waals surface area contributed by atoms with Crippen molar-refractivity contribution in [3.05, 3.63) is 36.4 Å². The molecule has 0 atom stereocenters. The Balaban J connectivity index is 2.89. The van der Waals surface area contributed by atoms with Crippen LogP contribution in [-0.4, -0.2) is 6.10 Å². The number of rotatable bonds is 3. The lowest BCUT2D eigenvalue weighted by molar-refractivity contribution is 0.242. The van der Waals surface area contributed by atoms with E-state index in [-0.39, 0.29) is 6.10 Å². The Morgan fingerprint density at radius 2 is 2.33 bits per heavy atom. The topological polar surface area (TPSA) is 9.23 Å². The minimum Gasteiger partial charge on any atom is -0.490 e. The highest BCUT2D eigenvalue weighted by Crippen LogP contribution is 2.19. The first-order valence-corrected chi connectivity index (χ1v) is 4.04. The van der Waals surface area contributed by atoms with Gasteiger partial charge >= 0.3 is 0 Å². The normalized spacial score (nSPS) is 9.92. The van der Waals surface area contributed by atoms with Gasteiger partial charge in [-0.3, -0.25) is 0 Å². The SMILES string of the molecule is C=Cc1[c]cccc1OC(C)C. The van der Waals surface area contributed by atoms with Crippen LogP contribution in [0.15, 0.2) is 24.8 Å². The second kappa shape index (κ2) is 3.96. The van der Waals surface area contributed by atoms with Crippen LogP contribution in [0.5, 0.6) is 5.75 Å². The molecule has 0 saturated carbocycles. The zero-order valence-corrected chi connectivity index (χ0v) is 7.50. The van der Waals surface area contributed by atoms with Crippen LogP contribution < -0.4 is 4.74 Å². The van der Waals surface area contributed by atoms with Gasteiger partial charge in [0, 0.05) is 5.56 Å². The highest BCUT2D eigenvalue weighted by atomic mass is 16.5. The molecule has 63 valence electrons. The Morgan fingerprint density at radius 3 is 2.92 bits per heavy atom. The smallest absolute Gasteiger partial charge is 0.127 e. The van der Waals surface area contributed by atoms with E-state index in [1.165, 1.54) is 0 Å². The van der Waals surface area contributed by atoms with Gasteiger partial charge in [0.25, 0.3) is 0 Å². The summed E-state index contributed by atoms with van der Waals surface area (Å²) in [5, 5.41) is 0. The summed E-state index contributed by atoms with van der Waals surface area (Å²) in [4.78, 5) is 0. The summed E-state index contributed by atoms with van der Waals surface area (Å²) in [7, 11) is 0. The number of hydrogen-bond acceptors (Lipinski definition) is 1. The average Bonchev–Trinajstić information content (AvgIpc) is 2.04. The molecule has 0 aromatic heterocycles. The van der Waals surface area contributed by atoms with Gasteiger partial charge in [0.1, 0.15) is 5.75 Å². The van der Waals surface area contributed by atoms with Crippen molar-refractivity contribution in [2.24, 2.45) is 0 Å². The molecule has 1 nitrogen and oxygen atoms in total. The highest BCUT2D eigenvalue weighted by Gasteiger charge is 2.00. The molecule has 1 aromatic rings. The molecule has 0 saturated heterocycles. The van der Waals surface area contributed by atoms with Crippen LogP contribution in [0.3, 0.4) is 0 Å². The largest absolute Gasteiger partial charge is 0.490 e. The van der Waals surface area contributed by atoms with Crippen molar-refractivity contribution >= 4 is 6.08 Å². The van der Waals surface area contributed by atoms with Crippen molar-refractivity contribution in [1.82, 2.24) is 0 Å². The molecule has 1 heteroatoms. The lowest BCUT2D eigenvalue weighted by Gasteiger charge is -2.11.